The Morgan fingerprint density at radius 1 is 1.43 bits per heavy atom. The van der Waals surface area contributed by atoms with Gasteiger partial charge in [-0.25, -0.2) is 0 Å². The molecule has 1 aliphatic carbocycles. The van der Waals surface area contributed by atoms with E-state index in [1.807, 2.05) is 20.8 Å². The van der Waals surface area contributed by atoms with E-state index < -0.39 is 17.5 Å². The summed E-state index contributed by atoms with van der Waals surface area (Å²) in [5, 5.41) is 19.5. The number of hydrogen-bond donors (Lipinski definition) is 2. The van der Waals surface area contributed by atoms with Gasteiger partial charge in [-0.05, 0) is 31.1 Å². The quantitative estimate of drug-likeness (QED) is 0.733. The Morgan fingerprint density at radius 2 is 2.00 bits per heavy atom. The fourth-order valence-corrected chi connectivity index (χ4v) is 2.72. The largest absolute Gasteiger partial charge is 0.481 e. The van der Waals surface area contributed by atoms with Gasteiger partial charge in [0.15, 0.2) is 0 Å². The van der Waals surface area contributed by atoms with Crippen LogP contribution in [0.4, 0.5) is 0 Å². The van der Waals surface area contributed by atoms with Crippen molar-refractivity contribution >= 4 is 5.97 Å². The SMILES string of the molecule is CCC(C(=O)O)C1(O)CCCC1(C)C. The van der Waals surface area contributed by atoms with Gasteiger partial charge in [0, 0.05) is 0 Å². The molecule has 1 fully saturated rings. The van der Waals surface area contributed by atoms with Crippen LogP contribution in [-0.4, -0.2) is 21.8 Å². The zero-order valence-corrected chi connectivity index (χ0v) is 9.21. The Bertz CT molecular complexity index is 235. The molecule has 0 amide bonds. The number of carboxylic acids is 1. The standard InChI is InChI=1S/C11H20O3/c1-4-8(9(12)13)11(14)7-5-6-10(11,2)3/h8,14H,4-7H2,1-3H3,(H,12,13). The van der Waals surface area contributed by atoms with Gasteiger partial charge in [-0.15, -0.1) is 0 Å². The molecule has 0 spiro atoms. The lowest BCUT2D eigenvalue weighted by Crippen LogP contribution is -2.49. The minimum atomic E-state index is -1.02. The summed E-state index contributed by atoms with van der Waals surface area (Å²) in [4.78, 5) is 11.1. The predicted octanol–water partition coefficient (Wildman–Crippen LogP) is 2.04. The van der Waals surface area contributed by atoms with Crippen LogP contribution in [0.15, 0.2) is 0 Å². The van der Waals surface area contributed by atoms with Crippen LogP contribution in [0.25, 0.3) is 0 Å². The Hall–Kier alpha value is -0.570. The summed E-state index contributed by atoms with van der Waals surface area (Å²) in [6, 6.07) is 0. The van der Waals surface area contributed by atoms with Crippen molar-refractivity contribution < 1.29 is 15.0 Å². The Kier molecular flexibility index (Phi) is 2.91. The molecule has 0 aromatic rings. The lowest BCUT2D eigenvalue weighted by atomic mass is 9.69. The number of carbonyl (C=O) groups is 1. The molecule has 2 N–H and O–H groups in total. The average molecular weight is 200 g/mol. The predicted molar refractivity (Wildman–Crippen MR) is 54.0 cm³/mol. The molecular weight excluding hydrogens is 180 g/mol. The summed E-state index contributed by atoms with van der Waals surface area (Å²) in [5.74, 6) is -1.50. The molecule has 0 heterocycles. The van der Waals surface area contributed by atoms with E-state index in [-0.39, 0.29) is 5.41 Å². The van der Waals surface area contributed by atoms with E-state index in [1.54, 1.807) is 0 Å². The molecule has 0 aromatic heterocycles. The second-order valence-electron chi connectivity index (χ2n) is 4.96. The van der Waals surface area contributed by atoms with Crippen molar-refractivity contribution in [3.63, 3.8) is 0 Å². The molecule has 1 saturated carbocycles. The summed E-state index contributed by atoms with van der Waals surface area (Å²) in [5.41, 5.74) is -1.29. The maximum absolute atomic E-state index is 11.1. The number of aliphatic hydroxyl groups is 1. The normalized spacial score (nSPS) is 32.9. The number of carboxylic acid groups (broad SMARTS) is 1. The third-order valence-corrected chi connectivity index (χ3v) is 3.81. The van der Waals surface area contributed by atoms with Crippen LogP contribution in [-0.2, 0) is 4.79 Å². The molecule has 0 saturated heterocycles. The van der Waals surface area contributed by atoms with E-state index in [2.05, 4.69) is 0 Å². The molecule has 82 valence electrons. The monoisotopic (exact) mass is 200 g/mol. The Morgan fingerprint density at radius 3 is 2.29 bits per heavy atom. The molecule has 3 nitrogen and oxygen atoms in total. The summed E-state index contributed by atoms with van der Waals surface area (Å²) < 4.78 is 0. The van der Waals surface area contributed by atoms with Crippen LogP contribution in [0.1, 0.15) is 46.5 Å². The zero-order valence-electron chi connectivity index (χ0n) is 9.21. The third-order valence-electron chi connectivity index (χ3n) is 3.81. The van der Waals surface area contributed by atoms with Gasteiger partial charge >= 0.3 is 5.97 Å². The molecule has 2 atom stereocenters. The van der Waals surface area contributed by atoms with Gasteiger partial charge in [0.1, 0.15) is 0 Å². The topological polar surface area (TPSA) is 57.5 Å². The molecule has 14 heavy (non-hydrogen) atoms. The summed E-state index contributed by atoms with van der Waals surface area (Å²) in [7, 11) is 0. The van der Waals surface area contributed by atoms with Gasteiger partial charge in [-0.3, -0.25) is 4.79 Å². The maximum Gasteiger partial charge on any atom is 0.309 e. The van der Waals surface area contributed by atoms with Crippen molar-refractivity contribution in [2.45, 2.75) is 52.1 Å². The minimum absolute atomic E-state index is 0.272. The van der Waals surface area contributed by atoms with Crippen molar-refractivity contribution in [1.82, 2.24) is 0 Å². The van der Waals surface area contributed by atoms with Gasteiger partial charge < -0.3 is 10.2 Å². The number of hydrogen-bond acceptors (Lipinski definition) is 2. The van der Waals surface area contributed by atoms with Crippen molar-refractivity contribution in [1.29, 1.82) is 0 Å². The van der Waals surface area contributed by atoms with Crippen LogP contribution in [0.2, 0.25) is 0 Å². The molecule has 2 unspecified atom stereocenters. The van der Waals surface area contributed by atoms with E-state index in [1.165, 1.54) is 0 Å². The number of rotatable bonds is 3. The number of aliphatic carboxylic acids is 1. The molecule has 1 rings (SSSR count). The second-order valence-corrected chi connectivity index (χ2v) is 4.96. The molecule has 0 radical (unpaired) electrons. The average Bonchev–Trinajstić information content (AvgIpc) is 2.27. The van der Waals surface area contributed by atoms with Crippen LogP contribution in [0, 0.1) is 11.3 Å². The van der Waals surface area contributed by atoms with Gasteiger partial charge in [0.25, 0.3) is 0 Å². The highest BCUT2D eigenvalue weighted by Crippen LogP contribution is 2.50. The van der Waals surface area contributed by atoms with Crippen LogP contribution in [0.5, 0.6) is 0 Å². The van der Waals surface area contributed by atoms with Crippen LogP contribution < -0.4 is 0 Å². The zero-order chi connectivity index (χ0) is 11.0. The summed E-state index contributed by atoms with van der Waals surface area (Å²) in [6.07, 6.45) is 2.95. The lowest BCUT2D eigenvalue weighted by Gasteiger charge is -2.40. The first-order valence-electron chi connectivity index (χ1n) is 5.30. The van der Waals surface area contributed by atoms with Crippen LogP contribution >= 0.6 is 0 Å². The van der Waals surface area contributed by atoms with E-state index in [0.717, 1.165) is 12.8 Å². The molecule has 0 bridgehead atoms. The molecular formula is C11H20O3. The fourth-order valence-electron chi connectivity index (χ4n) is 2.72. The second kappa shape index (κ2) is 3.54. The molecule has 0 aromatic carbocycles. The van der Waals surface area contributed by atoms with Crippen LogP contribution in [0.3, 0.4) is 0 Å². The van der Waals surface area contributed by atoms with Crippen molar-refractivity contribution in [2.75, 3.05) is 0 Å². The van der Waals surface area contributed by atoms with Crippen molar-refractivity contribution in [2.24, 2.45) is 11.3 Å². The summed E-state index contributed by atoms with van der Waals surface area (Å²) in [6.45, 7) is 5.75. The Labute approximate surface area is 85.1 Å². The van der Waals surface area contributed by atoms with Gasteiger partial charge in [-0.1, -0.05) is 20.8 Å². The van der Waals surface area contributed by atoms with Gasteiger partial charge in [0.2, 0.25) is 0 Å². The summed E-state index contributed by atoms with van der Waals surface area (Å²) >= 11 is 0. The van der Waals surface area contributed by atoms with E-state index in [9.17, 15) is 9.90 Å². The third kappa shape index (κ3) is 1.54. The molecule has 1 aliphatic rings. The molecule has 3 heteroatoms. The van der Waals surface area contributed by atoms with Crippen molar-refractivity contribution in [3.8, 4) is 0 Å². The first-order valence-corrected chi connectivity index (χ1v) is 5.30. The highest BCUT2D eigenvalue weighted by molar-refractivity contribution is 5.71. The van der Waals surface area contributed by atoms with Gasteiger partial charge in [-0.2, -0.15) is 0 Å². The van der Waals surface area contributed by atoms with Crippen molar-refractivity contribution in [3.05, 3.63) is 0 Å². The maximum atomic E-state index is 11.1. The molecule has 0 aliphatic heterocycles. The highest BCUT2D eigenvalue weighted by atomic mass is 16.4. The Balaban J connectivity index is 2.97. The lowest BCUT2D eigenvalue weighted by molar-refractivity contribution is -0.161. The van der Waals surface area contributed by atoms with Gasteiger partial charge in [0.05, 0.1) is 11.5 Å². The fraction of sp³-hybridized carbons (Fsp3) is 0.909. The first kappa shape index (κ1) is 11.5. The van der Waals surface area contributed by atoms with E-state index >= 15 is 0 Å². The highest BCUT2D eigenvalue weighted by Gasteiger charge is 2.54. The smallest absolute Gasteiger partial charge is 0.309 e. The van der Waals surface area contributed by atoms with E-state index in [0.29, 0.717) is 12.8 Å². The minimum Gasteiger partial charge on any atom is -0.481 e. The van der Waals surface area contributed by atoms with E-state index in [4.69, 9.17) is 5.11 Å². The first-order chi connectivity index (χ1) is 6.35.